The first-order valence-corrected chi connectivity index (χ1v) is 4.03. The van der Waals surface area contributed by atoms with Crippen molar-refractivity contribution >= 4 is 29.0 Å². The maximum atomic E-state index is 9.24. The van der Waals surface area contributed by atoms with E-state index >= 15 is 0 Å². The van der Waals surface area contributed by atoms with Crippen LogP contribution in [-0.2, 0) is 45.2 Å². The van der Waals surface area contributed by atoms with Crippen molar-refractivity contribution in [3.63, 3.8) is 0 Å². The normalized spacial score (nSPS) is 7.29. The number of nitriles is 1. The van der Waals surface area contributed by atoms with Gasteiger partial charge in [0.15, 0.2) is 0 Å². The van der Waals surface area contributed by atoms with Gasteiger partial charge in [0, 0.05) is 10.4 Å². The Balaban J connectivity index is -0.0000000535. The van der Waals surface area contributed by atoms with Crippen LogP contribution < -0.4 is 5.73 Å². The smallest absolute Gasteiger partial charge is 0.759 e. The van der Waals surface area contributed by atoms with Crippen molar-refractivity contribution in [2.45, 2.75) is 0 Å². The van der Waals surface area contributed by atoms with Crippen molar-refractivity contribution in [3.05, 3.63) is 0 Å². The SMILES string of the molecule is N#C[S-].NCC(=O)O.O=S(=O)([O-])[O-].[Cr+3]. The van der Waals surface area contributed by atoms with E-state index in [0.29, 0.717) is 0 Å². The molecule has 0 fully saturated rings. The van der Waals surface area contributed by atoms with Gasteiger partial charge in [-0.15, -0.1) is 0 Å². The molecule has 0 saturated heterocycles. The van der Waals surface area contributed by atoms with Gasteiger partial charge in [0.05, 0.1) is 6.54 Å². The van der Waals surface area contributed by atoms with Crippen LogP contribution in [0.15, 0.2) is 0 Å². The number of hydrogen-bond donors (Lipinski definition) is 2. The zero-order valence-electron chi connectivity index (χ0n) is 6.44. The second kappa shape index (κ2) is 15.0. The summed E-state index contributed by atoms with van der Waals surface area (Å²) in [5.41, 5.74) is 4.57. The predicted octanol–water partition coefficient (Wildman–Crippen LogP) is -2.30. The number of aliphatic carboxylic acids is 1. The molecule has 0 heterocycles. The molecule has 0 aromatic rings. The minimum atomic E-state index is -5.17. The Morgan fingerprint density at radius 3 is 1.64 bits per heavy atom. The molecule has 0 aromatic carbocycles. The molecule has 81 valence electrons. The number of nitrogens with two attached hydrogens (primary N) is 1. The predicted molar refractivity (Wildman–Crippen MR) is 40.1 cm³/mol. The standard InChI is InChI=1S/C2H5NO2.CHNS.Cr.H2O4S/c3-1-2(4)5;2-1-3;;1-5(2,3)4/h1,3H2,(H,4,5);3H;;(H2,1,2,3,4)/q;;+3;/p-3. The zero-order valence-corrected chi connectivity index (χ0v) is 9.35. The Morgan fingerprint density at radius 2 is 1.64 bits per heavy atom. The number of thiocyanates is 1. The third-order valence-electron chi connectivity index (χ3n) is 0.175. The van der Waals surface area contributed by atoms with Crippen LogP contribution in [0.2, 0.25) is 0 Å². The van der Waals surface area contributed by atoms with E-state index < -0.39 is 16.4 Å². The van der Waals surface area contributed by atoms with Crippen LogP contribution in [0.25, 0.3) is 0 Å². The van der Waals surface area contributed by atoms with Crippen molar-refractivity contribution < 1.29 is 44.8 Å². The topological polar surface area (TPSA) is 167 Å². The van der Waals surface area contributed by atoms with Gasteiger partial charge in [-0.05, 0) is 0 Å². The van der Waals surface area contributed by atoms with Crippen LogP contribution >= 0.6 is 0 Å². The van der Waals surface area contributed by atoms with E-state index in [1.807, 2.05) is 0 Å². The van der Waals surface area contributed by atoms with E-state index in [1.165, 1.54) is 5.40 Å². The number of carbonyl (C=O) groups is 1. The van der Waals surface area contributed by atoms with Crippen molar-refractivity contribution in [2.24, 2.45) is 5.73 Å². The molecule has 11 heteroatoms. The Labute approximate surface area is 96.8 Å². The Kier molecular flexibility index (Phi) is 25.1. The molecule has 1 radical (unpaired) electrons. The molecular formula is C3H5CrN2O6S2. The molecule has 0 saturated carbocycles. The van der Waals surface area contributed by atoms with E-state index in [2.05, 4.69) is 18.4 Å². The average Bonchev–Trinajstić information content (AvgIpc) is 1.85. The molecular weight excluding hydrogens is 276 g/mol. The van der Waals surface area contributed by atoms with Gasteiger partial charge in [-0.1, -0.05) is 5.40 Å². The van der Waals surface area contributed by atoms with Crippen molar-refractivity contribution in [1.82, 2.24) is 0 Å². The number of nitrogens with zero attached hydrogens (tertiary/aromatic N) is 1. The Hall–Kier alpha value is -0.458. The Morgan fingerprint density at radius 1 is 1.57 bits per heavy atom. The summed E-state index contributed by atoms with van der Waals surface area (Å²) in [4.78, 5) is 9.24. The fraction of sp³-hybridized carbons (Fsp3) is 0.333. The Bertz CT molecular complexity index is 251. The second-order valence-corrected chi connectivity index (χ2v) is 2.10. The maximum Gasteiger partial charge on any atom is 3.00 e. The van der Waals surface area contributed by atoms with Crippen molar-refractivity contribution in [2.75, 3.05) is 6.54 Å². The van der Waals surface area contributed by atoms with E-state index in [0.717, 1.165) is 0 Å². The first-order valence-electron chi connectivity index (χ1n) is 2.28. The van der Waals surface area contributed by atoms with E-state index in [1.54, 1.807) is 0 Å². The van der Waals surface area contributed by atoms with Crippen LogP contribution in [-0.4, -0.2) is 35.1 Å². The number of rotatable bonds is 1. The molecule has 0 aliphatic rings. The molecule has 14 heavy (non-hydrogen) atoms. The van der Waals surface area contributed by atoms with E-state index in [4.69, 9.17) is 27.9 Å². The minimum absolute atomic E-state index is 0. The largest absolute Gasteiger partial charge is 3.00 e. The molecule has 0 aromatic heterocycles. The monoisotopic (exact) mass is 281 g/mol. The molecule has 0 aliphatic carbocycles. The van der Waals surface area contributed by atoms with Crippen LogP contribution in [0.4, 0.5) is 0 Å². The van der Waals surface area contributed by atoms with E-state index in [9.17, 15) is 4.79 Å². The number of carboxylic acids is 1. The summed E-state index contributed by atoms with van der Waals surface area (Å²) >= 11 is 3.70. The first kappa shape index (κ1) is 23.4. The van der Waals surface area contributed by atoms with Gasteiger partial charge in [0.2, 0.25) is 0 Å². The van der Waals surface area contributed by atoms with Gasteiger partial charge >= 0.3 is 23.3 Å². The van der Waals surface area contributed by atoms with Crippen LogP contribution in [0.1, 0.15) is 0 Å². The number of hydrogen-bond acceptors (Lipinski definition) is 8. The summed E-state index contributed by atoms with van der Waals surface area (Å²) in [5.74, 6) is -0.968. The molecule has 0 amide bonds. The maximum absolute atomic E-state index is 9.24. The third kappa shape index (κ3) is 539. The van der Waals surface area contributed by atoms with Gasteiger partial charge in [0.25, 0.3) is 0 Å². The van der Waals surface area contributed by atoms with Crippen molar-refractivity contribution in [1.29, 1.82) is 5.26 Å². The number of carboxylic acid groups (broad SMARTS) is 1. The third-order valence-corrected chi connectivity index (χ3v) is 0.175. The average molecular weight is 281 g/mol. The molecule has 8 nitrogen and oxygen atoms in total. The summed E-state index contributed by atoms with van der Waals surface area (Å²) in [6, 6.07) is 0. The molecule has 3 N–H and O–H groups in total. The van der Waals surface area contributed by atoms with Gasteiger partial charge in [-0.25, -0.2) is 5.26 Å². The van der Waals surface area contributed by atoms with Gasteiger partial charge in [0.1, 0.15) is 0 Å². The molecule has 0 unspecified atom stereocenters. The zero-order chi connectivity index (χ0) is 11.5. The van der Waals surface area contributed by atoms with E-state index in [-0.39, 0.29) is 23.9 Å². The van der Waals surface area contributed by atoms with Crippen LogP contribution in [0, 0.1) is 10.7 Å². The van der Waals surface area contributed by atoms with Gasteiger partial charge in [-0.3, -0.25) is 13.2 Å². The quantitative estimate of drug-likeness (QED) is 0.232. The molecule has 0 aliphatic heterocycles. The van der Waals surface area contributed by atoms with Gasteiger partial charge in [-0.2, -0.15) is 0 Å². The van der Waals surface area contributed by atoms with Crippen molar-refractivity contribution in [3.8, 4) is 5.40 Å². The van der Waals surface area contributed by atoms with Gasteiger partial charge < -0.3 is 32.6 Å². The van der Waals surface area contributed by atoms with Crippen LogP contribution in [0.5, 0.6) is 0 Å². The summed E-state index contributed by atoms with van der Waals surface area (Å²) in [5, 5.41) is 16.1. The van der Waals surface area contributed by atoms with Crippen LogP contribution in [0.3, 0.4) is 0 Å². The molecule has 0 spiro atoms. The summed E-state index contributed by atoms with van der Waals surface area (Å²) in [6.07, 6.45) is 0. The first-order chi connectivity index (χ1) is 5.68. The minimum Gasteiger partial charge on any atom is -0.759 e. The molecule has 0 atom stereocenters. The molecule has 0 bridgehead atoms. The fourth-order valence-electron chi connectivity index (χ4n) is 0. The second-order valence-electron chi connectivity index (χ2n) is 1.10. The fourth-order valence-corrected chi connectivity index (χ4v) is 0. The molecule has 0 rings (SSSR count). The summed E-state index contributed by atoms with van der Waals surface area (Å²) in [7, 11) is -5.17. The summed E-state index contributed by atoms with van der Waals surface area (Å²) in [6.45, 7) is -0.278. The summed E-state index contributed by atoms with van der Waals surface area (Å²) < 4.78 is 34.1.